The first kappa shape index (κ1) is 31.4. The van der Waals surface area contributed by atoms with Crippen molar-refractivity contribution in [2.45, 2.75) is 116 Å². The van der Waals surface area contributed by atoms with Crippen molar-refractivity contribution in [1.82, 2.24) is 5.32 Å². The number of ether oxygens (including phenoxy) is 2. The van der Waals surface area contributed by atoms with Gasteiger partial charge in [0.2, 0.25) is 0 Å². The van der Waals surface area contributed by atoms with Gasteiger partial charge in [-0.15, -0.1) is 0 Å². The summed E-state index contributed by atoms with van der Waals surface area (Å²) in [6.45, 7) is 3.82. The predicted octanol–water partition coefficient (Wildman–Crippen LogP) is 7.74. The average molecular weight is 506 g/mol. The molecule has 0 aliphatic heterocycles. The molecule has 200 valence electrons. The second kappa shape index (κ2) is 22.8. The molecular formula is C29H51N3O2S. The Morgan fingerprint density at radius 3 is 2.00 bits per heavy atom. The molecule has 1 aromatic carbocycles. The van der Waals surface area contributed by atoms with Crippen molar-refractivity contribution in [3.8, 4) is 11.5 Å². The van der Waals surface area contributed by atoms with E-state index in [-0.39, 0.29) is 0 Å². The first-order valence-corrected chi connectivity index (χ1v) is 14.4. The van der Waals surface area contributed by atoms with E-state index in [4.69, 9.17) is 27.4 Å². The van der Waals surface area contributed by atoms with Crippen molar-refractivity contribution in [3.05, 3.63) is 23.8 Å². The lowest BCUT2D eigenvalue weighted by atomic mass is 10.0. The molecule has 0 unspecified atom stereocenters. The van der Waals surface area contributed by atoms with Crippen LogP contribution in [0.1, 0.15) is 115 Å². The Balaban J connectivity index is 1.98. The molecule has 0 saturated heterocycles. The van der Waals surface area contributed by atoms with E-state index in [1.54, 1.807) is 7.11 Å². The number of hydrogen-bond donors (Lipinski definition) is 2. The molecule has 0 fully saturated rings. The largest absolute Gasteiger partial charge is 0.493 e. The summed E-state index contributed by atoms with van der Waals surface area (Å²) in [6, 6.07) is 5.83. The smallest absolute Gasteiger partial charge is 0.192 e. The number of nitrogens with one attached hydrogen (secondary N) is 1. The molecule has 0 spiro atoms. The lowest BCUT2D eigenvalue weighted by Crippen LogP contribution is -2.19. The zero-order valence-corrected chi connectivity index (χ0v) is 23.3. The van der Waals surface area contributed by atoms with Gasteiger partial charge in [0.25, 0.3) is 0 Å². The Labute approximate surface area is 220 Å². The van der Waals surface area contributed by atoms with E-state index < -0.39 is 0 Å². The summed E-state index contributed by atoms with van der Waals surface area (Å²) in [4.78, 5) is 4.37. The minimum absolute atomic E-state index is 0.464. The molecule has 0 aliphatic carbocycles. The van der Waals surface area contributed by atoms with E-state index in [1.165, 1.54) is 96.3 Å². The summed E-state index contributed by atoms with van der Waals surface area (Å²) in [5.74, 6) is 1.39. The molecular weight excluding hydrogens is 454 g/mol. The van der Waals surface area contributed by atoms with Gasteiger partial charge in [0.1, 0.15) is 6.61 Å². The Morgan fingerprint density at radius 2 is 1.46 bits per heavy atom. The number of methoxy groups -OCH3 is 1. The number of thiocarbonyl (C=S) groups is 1. The zero-order chi connectivity index (χ0) is 25.4. The Bertz CT molecular complexity index is 682. The summed E-state index contributed by atoms with van der Waals surface area (Å²) < 4.78 is 11.0. The Kier molecular flexibility index (Phi) is 20.4. The van der Waals surface area contributed by atoms with Crippen LogP contribution in [0.3, 0.4) is 0 Å². The molecule has 35 heavy (non-hydrogen) atoms. The number of aliphatic imine (C=N–C) groups is 1. The fraction of sp³-hybridized carbons (Fsp3) is 0.724. The Hall–Kier alpha value is -1.66. The van der Waals surface area contributed by atoms with E-state index in [1.807, 2.05) is 24.4 Å². The maximum absolute atomic E-state index is 5.58. The van der Waals surface area contributed by atoms with Crippen molar-refractivity contribution < 1.29 is 9.47 Å². The summed E-state index contributed by atoms with van der Waals surface area (Å²) in [6.07, 6.45) is 23.7. The van der Waals surface area contributed by atoms with Gasteiger partial charge >= 0.3 is 0 Å². The molecule has 0 atom stereocenters. The van der Waals surface area contributed by atoms with Crippen molar-refractivity contribution >= 4 is 23.5 Å². The minimum atomic E-state index is 0.464. The van der Waals surface area contributed by atoms with Crippen molar-refractivity contribution in [3.63, 3.8) is 0 Å². The standard InChI is InChI=1S/C29H51N3O2S/c1-3-4-5-6-7-8-9-10-11-12-13-14-15-16-17-18-22-31-29(35)32-25-26-19-20-27(34-23-21-30)28(24-26)33-2/h19-20,22,24H,3-18,21,23,25,30H2,1-2H3,(H,32,35). The average Bonchev–Trinajstić information content (AvgIpc) is 2.88. The number of unbranched alkanes of at least 4 members (excludes halogenated alkanes) is 15. The van der Waals surface area contributed by atoms with Gasteiger partial charge in [-0.05, 0) is 42.8 Å². The maximum Gasteiger partial charge on any atom is 0.192 e. The highest BCUT2D eigenvalue weighted by molar-refractivity contribution is 7.80. The van der Waals surface area contributed by atoms with Crippen LogP contribution < -0.4 is 20.5 Å². The quantitative estimate of drug-likeness (QED) is 0.0958. The van der Waals surface area contributed by atoms with E-state index in [9.17, 15) is 0 Å². The van der Waals surface area contributed by atoms with Gasteiger partial charge in [-0.2, -0.15) is 0 Å². The van der Waals surface area contributed by atoms with Gasteiger partial charge in [-0.25, -0.2) is 4.99 Å². The molecule has 0 radical (unpaired) electrons. The summed E-state index contributed by atoms with van der Waals surface area (Å²) in [5.41, 5.74) is 6.55. The first-order valence-electron chi connectivity index (χ1n) is 14.0. The first-order chi connectivity index (χ1) is 17.2. The van der Waals surface area contributed by atoms with Crippen molar-refractivity contribution in [2.75, 3.05) is 20.3 Å². The molecule has 0 aromatic heterocycles. The van der Waals surface area contributed by atoms with Crippen molar-refractivity contribution in [1.29, 1.82) is 0 Å². The maximum atomic E-state index is 5.58. The van der Waals surface area contributed by atoms with Gasteiger partial charge in [0.05, 0.1) is 7.11 Å². The van der Waals surface area contributed by atoms with Crippen molar-refractivity contribution in [2.24, 2.45) is 10.7 Å². The number of rotatable bonds is 22. The van der Waals surface area contributed by atoms with Gasteiger partial charge in [-0.1, -0.05) is 103 Å². The van der Waals surface area contributed by atoms with Crippen LogP contribution in [-0.4, -0.2) is 31.6 Å². The highest BCUT2D eigenvalue weighted by atomic mass is 32.1. The molecule has 0 bridgehead atoms. The monoisotopic (exact) mass is 505 g/mol. The lowest BCUT2D eigenvalue weighted by Gasteiger charge is -2.12. The normalized spacial score (nSPS) is 11.2. The van der Waals surface area contributed by atoms with Gasteiger partial charge in [0.15, 0.2) is 16.6 Å². The van der Waals surface area contributed by atoms with Crippen LogP contribution in [0.2, 0.25) is 0 Å². The lowest BCUT2D eigenvalue weighted by molar-refractivity contribution is 0.302. The van der Waals surface area contributed by atoms with E-state index in [0.29, 0.717) is 36.3 Å². The molecule has 0 aliphatic rings. The highest BCUT2D eigenvalue weighted by Gasteiger charge is 2.06. The SMILES string of the molecule is CCCCCCCCCCCCCCCCCC=NC(=S)NCc1ccc(OCCN)c(OC)c1. The molecule has 5 nitrogen and oxygen atoms in total. The van der Waals surface area contributed by atoms with Crippen LogP contribution in [0.4, 0.5) is 0 Å². The Morgan fingerprint density at radius 1 is 0.886 bits per heavy atom. The van der Waals surface area contributed by atoms with Crippen LogP contribution >= 0.6 is 12.2 Å². The topological polar surface area (TPSA) is 68.9 Å². The molecule has 0 saturated carbocycles. The van der Waals surface area contributed by atoms with Crippen LogP contribution in [0, 0.1) is 0 Å². The zero-order valence-electron chi connectivity index (χ0n) is 22.5. The second-order valence-electron chi connectivity index (χ2n) is 9.33. The third kappa shape index (κ3) is 17.4. The molecule has 3 N–H and O–H groups in total. The molecule has 0 amide bonds. The summed E-state index contributed by atoms with van der Waals surface area (Å²) in [5, 5.41) is 3.71. The highest BCUT2D eigenvalue weighted by Crippen LogP contribution is 2.28. The summed E-state index contributed by atoms with van der Waals surface area (Å²) in [7, 11) is 1.63. The van der Waals surface area contributed by atoms with Gasteiger partial charge in [-0.3, -0.25) is 0 Å². The molecule has 1 aromatic rings. The molecule has 1 rings (SSSR count). The van der Waals surface area contributed by atoms with Gasteiger partial charge < -0.3 is 20.5 Å². The van der Waals surface area contributed by atoms with E-state index in [2.05, 4.69) is 17.2 Å². The third-order valence-corrected chi connectivity index (χ3v) is 6.44. The van der Waals surface area contributed by atoms with E-state index >= 15 is 0 Å². The van der Waals surface area contributed by atoms with E-state index in [0.717, 1.165) is 12.0 Å². The minimum Gasteiger partial charge on any atom is -0.493 e. The van der Waals surface area contributed by atoms with Crippen LogP contribution in [0.25, 0.3) is 0 Å². The predicted molar refractivity (Wildman–Crippen MR) is 155 cm³/mol. The number of benzene rings is 1. The fourth-order valence-corrected chi connectivity index (χ4v) is 4.23. The number of nitrogens with zero attached hydrogens (tertiary/aromatic N) is 1. The van der Waals surface area contributed by atoms with Crippen LogP contribution in [0.15, 0.2) is 23.2 Å². The number of hydrogen-bond acceptors (Lipinski definition) is 4. The van der Waals surface area contributed by atoms with Crippen LogP contribution in [-0.2, 0) is 6.54 Å². The molecule has 0 heterocycles. The molecule has 6 heteroatoms. The second-order valence-corrected chi connectivity index (χ2v) is 9.72. The fourth-order valence-electron chi connectivity index (χ4n) is 4.09. The summed E-state index contributed by atoms with van der Waals surface area (Å²) >= 11 is 5.33. The number of nitrogens with two attached hydrogens (primary N) is 1. The van der Waals surface area contributed by atoms with Gasteiger partial charge in [0, 0.05) is 19.3 Å². The third-order valence-electron chi connectivity index (χ3n) is 6.19. The van der Waals surface area contributed by atoms with Crippen LogP contribution in [0.5, 0.6) is 11.5 Å².